The van der Waals surface area contributed by atoms with E-state index in [4.69, 9.17) is 28.2 Å². The number of rotatable bonds is 0. The lowest BCUT2D eigenvalue weighted by Gasteiger charge is -2.29. The van der Waals surface area contributed by atoms with Gasteiger partial charge in [0.15, 0.2) is 0 Å². The third kappa shape index (κ3) is 3.55. The van der Waals surface area contributed by atoms with Crippen LogP contribution in [-0.2, 0) is 17.6 Å². The lowest BCUT2D eigenvalue weighted by Crippen LogP contribution is -2.34. The number of likely N-dealkylation sites (tertiary alicyclic amines) is 1. The molecule has 0 spiro atoms. The smallest absolute Gasteiger partial charge is 0.219 e. The average Bonchev–Trinajstić information content (AvgIpc) is 2.81. The standard InChI is InChI=1S/C21H19BrCl2N2O/c1-12(27)26-8-6-13(7-9-26)19-16-5-3-15(23)10-14(16)2-4-17-20(24)18(22)11-25-21(17)19/h3,5,10-11H,2,4,6-9H2,1H3. The number of aromatic nitrogens is 1. The van der Waals surface area contributed by atoms with Crippen molar-refractivity contribution in [1.82, 2.24) is 9.88 Å². The van der Waals surface area contributed by atoms with E-state index in [1.807, 2.05) is 11.0 Å². The molecule has 3 nitrogen and oxygen atoms in total. The van der Waals surface area contributed by atoms with E-state index in [0.717, 1.165) is 64.5 Å². The zero-order valence-electron chi connectivity index (χ0n) is 15.0. The van der Waals surface area contributed by atoms with E-state index in [9.17, 15) is 4.79 Å². The highest BCUT2D eigenvalue weighted by Gasteiger charge is 2.27. The van der Waals surface area contributed by atoms with Gasteiger partial charge < -0.3 is 4.90 Å². The summed E-state index contributed by atoms with van der Waals surface area (Å²) in [6.07, 6.45) is 5.19. The number of amides is 1. The van der Waals surface area contributed by atoms with Gasteiger partial charge in [0.05, 0.1) is 15.2 Å². The third-order valence-electron chi connectivity index (χ3n) is 5.45. The number of hydrogen-bond donors (Lipinski definition) is 0. The molecule has 1 aromatic heterocycles. The zero-order chi connectivity index (χ0) is 19.1. The van der Waals surface area contributed by atoms with Crippen LogP contribution in [0, 0.1) is 0 Å². The summed E-state index contributed by atoms with van der Waals surface area (Å²) >= 11 is 16.4. The predicted molar refractivity (Wildman–Crippen MR) is 113 cm³/mol. The Morgan fingerprint density at radius 3 is 2.59 bits per heavy atom. The number of carbonyl (C=O) groups excluding carboxylic acids is 1. The number of carbonyl (C=O) groups is 1. The van der Waals surface area contributed by atoms with Crippen LogP contribution in [-0.4, -0.2) is 28.9 Å². The number of pyridine rings is 1. The average molecular weight is 466 g/mol. The van der Waals surface area contributed by atoms with Crippen molar-refractivity contribution in [3.8, 4) is 0 Å². The number of fused-ring (bicyclic) bond motifs is 2. The van der Waals surface area contributed by atoms with Gasteiger partial charge in [0.25, 0.3) is 0 Å². The first kappa shape index (κ1) is 19.0. The molecular weight excluding hydrogens is 447 g/mol. The number of piperidine rings is 1. The Bertz CT molecular complexity index is 961. The van der Waals surface area contributed by atoms with Crippen molar-refractivity contribution in [3.63, 3.8) is 0 Å². The Morgan fingerprint density at radius 1 is 1.15 bits per heavy atom. The molecule has 1 aromatic carbocycles. The van der Waals surface area contributed by atoms with E-state index in [-0.39, 0.29) is 5.91 Å². The van der Waals surface area contributed by atoms with Gasteiger partial charge in [0.2, 0.25) is 5.91 Å². The summed E-state index contributed by atoms with van der Waals surface area (Å²) in [7, 11) is 0. The number of halogens is 3. The molecule has 27 heavy (non-hydrogen) atoms. The summed E-state index contributed by atoms with van der Waals surface area (Å²) < 4.78 is 0.822. The van der Waals surface area contributed by atoms with Gasteiger partial charge in [-0.25, -0.2) is 0 Å². The Labute approximate surface area is 177 Å². The van der Waals surface area contributed by atoms with E-state index in [0.29, 0.717) is 0 Å². The minimum Gasteiger partial charge on any atom is -0.342 e. The van der Waals surface area contributed by atoms with Crippen LogP contribution in [0.5, 0.6) is 0 Å². The molecule has 2 heterocycles. The van der Waals surface area contributed by atoms with Crippen molar-refractivity contribution in [2.24, 2.45) is 0 Å². The number of hydrogen-bond acceptors (Lipinski definition) is 2. The SMILES string of the molecule is CC(=O)N1CCC(=C2c3ccc(Cl)cc3CCc3c2ncc(Br)c3Cl)CC1. The molecule has 6 heteroatoms. The second kappa shape index (κ2) is 7.57. The maximum atomic E-state index is 11.7. The number of aryl methyl sites for hydroxylation is 1. The fraction of sp³-hybridized carbons (Fsp3) is 0.333. The first-order valence-electron chi connectivity index (χ1n) is 9.05. The van der Waals surface area contributed by atoms with E-state index in [2.05, 4.69) is 28.1 Å². The van der Waals surface area contributed by atoms with Gasteiger partial charge >= 0.3 is 0 Å². The summed E-state index contributed by atoms with van der Waals surface area (Å²) in [5.74, 6) is 0.137. The van der Waals surface area contributed by atoms with Gasteiger partial charge in [-0.15, -0.1) is 0 Å². The van der Waals surface area contributed by atoms with Gasteiger partial charge in [-0.3, -0.25) is 9.78 Å². The molecule has 0 saturated carbocycles. The van der Waals surface area contributed by atoms with E-state index in [1.54, 1.807) is 13.1 Å². The molecule has 140 valence electrons. The molecule has 2 aromatic rings. The Hall–Kier alpha value is -1.36. The molecule has 0 bridgehead atoms. The van der Waals surface area contributed by atoms with Gasteiger partial charge in [0.1, 0.15) is 0 Å². The molecule has 0 N–H and O–H groups in total. The Balaban J connectivity index is 1.91. The first-order chi connectivity index (χ1) is 13.0. The van der Waals surface area contributed by atoms with Crippen molar-refractivity contribution in [3.05, 3.63) is 66.9 Å². The largest absolute Gasteiger partial charge is 0.342 e. The minimum absolute atomic E-state index is 0.137. The van der Waals surface area contributed by atoms with Crippen LogP contribution in [0.1, 0.15) is 42.1 Å². The highest BCUT2D eigenvalue weighted by Crippen LogP contribution is 2.41. The molecule has 0 atom stereocenters. The van der Waals surface area contributed by atoms with Crippen LogP contribution in [0.15, 0.2) is 34.4 Å². The van der Waals surface area contributed by atoms with Crippen LogP contribution in [0.4, 0.5) is 0 Å². The molecule has 0 unspecified atom stereocenters. The van der Waals surface area contributed by atoms with E-state index >= 15 is 0 Å². The molecule has 1 aliphatic heterocycles. The van der Waals surface area contributed by atoms with E-state index in [1.165, 1.54) is 22.3 Å². The van der Waals surface area contributed by atoms with Gasteiger partial charge in [-0.2, -0.15) is 0 Å². The topological polar surface area (TPSA) is 33.2 Å². The molecule has 4 rings (SSSR count). The molecular formula is C21H19BrCl2N2O. The maximum Gasteiger partial charge on any atom is 0.219 e. The van der Waals surface area contributed by atoms with Crippen LogP contribution in [0.2, 0.25) is 10.0 Å². The first-order valence-corrected chi connectivity index (χ1v) is 10.6. The van der Waals surface area contributed by atoms with Crippen molar-refractivity contribution >= 4 is 50.6 Å². The fourth-order valence-corrected chi connectivity index (χ4v) is 4.82. The molecule has 2 aliphatic rings. The molecule has 1 aliphatic carbocycles. The molecule has 0 radical (unpaired) electrons. The van der Waals surface area contributed by atoms with Crippen molar-refractivity contribution in [2.45, 2.75) is 32.6 Å². The summed E-state index contributed by atoms with van der Waals surface area (Å²) in [4.78, 5) is 18.4. The Kier molecular flexibility index (Phi) is 5.32. The molecule has 1 fully saturated rings. The monoisotopic (exact) mass is 464 g/mol. The summed E-state index contributed by atoms with van der Waals surface area (Å²) in [5.41, 5.74) is 6.97. The van der Waals surface area contributed by atoms with Gasteiger partial charge in [-0.1, -0.05) is 34.8 Å². The van der Waals surface area contributed by atoms with Crippen molar-refractivity contribution < 1.29 is 4.79 Å². The number of benzene rings is 1. The minimum atomic E-state index is 0.137. The van der Waals surface area contributed by atoms with Crippen LogP contribution < -0.4 is 0 Å². The summed E-state index contributed by atoms with van der Waals surface area (Å²) in [5, 5.41) is 1.48. The Morgan fingerprint density at radius 2 is 1.89 bits per heavy atom. The fourth-order valence-electron chi connectivity index (χ4n) is 4.05. The summed E-state index contributed by atoms with van der Waals surface area (Å²) in [6.45, 7) is 3.13. The zero-order valence-corrected chi connectivity index (χ0v) is 18.1. The molecule has 1 saturated heterocycles. The number of nitrogens with zero attached hydrogens (tertiary/aromatic N) is 2. The van der Waals surface area contributed by atoms with Crippen LogP contribution in [0.3, 0.4) is 0 Å². The lowest BCUT2D eigenvalue weighted by molar-refractivity contribution is -0.129. The van der Waals surface area contributed by atoms with Crippen LogP contribution in [0.25, 0.3) is 5.57 Å². The second-order valence-corrected chi connectivity index (χ2v) is 8.70. The van der Waals surface area contributed by atoms with Crippen molar-refractivity contribution in [1.29, 1.82) is 0 Å². The summed E-state index contributed by atoms with van der Waals surface area (Å²) in [6, 6.07) is 6.10. The maximum absolute atomic E-state index is 11.7. The molecule has 1 amide bonds. The lowest BCUT2D eigenvalue weighted by atomic mass is 9.88. The van der Waals surface area contributed by atoms with Gasteiger partial charge in [0, 0.05) is 36.8 Å². The quantitative estimate of drug-likeness (QED) is 0.500. The second-order valence-electron chi connectivity index (χ2n) is 7.03. The highest BCUT2D eigenvalue weighted by atomic mass is 79.9. The third-order valence-corrected chi connectivity index (χ3v) is 6.95. The van der Waals surface area contributed by atoms with Crippen LogP contribution >= 0.6 is 39.1 Å². The predicted octanol–water partition coefficient (Wildman–Crippen LogP) is 5.69. The normalized spacial score (nSPS) is 16.7. The van der Waals surface area contributed by atoms with Gasteiger partial charge in [-0.05, 0) is 70.4 Å². The highest BCUT2D eigenvalue weighted by molar-refractivity contribution is 9.10. The van der Waals surface area contributed by atoms with Crippen molar-refractivity contribution in [2.75, 3.05) is 13.1 Å². The van der Waals surface area contributed by atoms with E-state index < -0.39 is 0 Å².